The lowest BCUT2D eigenvalue weighted by molar-refractivity contribution is 0.0258. The van der Waals surface area contributed by atoms with Crippen LogP contribution in [0.2, 0.25) is 0 Å². The summed E-state index contributed by atoms with van der Waals surface area (Å²) in [5.41, 5.74) is 0. The lowest BCUT2D eigenvalue weighted by Gasteiger charge is -2.21. The van der Waals surface area contributed by atoms with Crippen molar-refractivity contribution in [1.82, 2.24) is 10.6 Å². The number of rotatable bonds is 8. The van der Waals surface area contributed by atoms with Gasteiger partial charge in [-0.25, -0.2) is 0 Å². The van der Waals surface area contributed by atoms with Gasteiger partial charge >= 0.3 is 0 Å². The van der Waals surface area contributed by atoms with Gasteiger partial charge in [0.1, 0.15) is 0 Å². The molecule has 0 aliphatic heterocycles. The zero-order chi connectivity index (χ0) is 13.1. The number of hydrogen-bond donors (Lipinski definition) is 2. The van der Waals surface area contributed by atoms with Crippen molar-refractivity contribution in [2.75, 3.05) is 26.7 Å². The highest BCUT2D eigenvalue weighted by Crippen LogP contribution is 2.09. The van der Waals surface area contributed by atoms with Crippen LogP contribution in [0.1, 0.15) is 40.5 Å². The Balaban J connectivity index is 3.85. The van der Waals surface area contributed by atoms with Gasteiger partial charge in [0.25, 0.3) is 0 Å². The molecular weight excluding hydrogens is 214 g/mol. The molecule has 0 radical (unpaired) electrons. The Hall–Kier alpha value is -0.770. The smallest absolute Gasteiger partial charge is 0.190 e. The molecule has 0 aliphatic carbocycles. The fourth-order valence-corrected chi connectivity index (χ4v) is 1.62. The molecule has 0 heterocycles. The van der Waals surface area contributed by atoms with E-state index in [-0.39, 0.29) is 0 Å². The van der Waals surface area contributed by atoms with Crippen LogP contribution in [0.25, 0.3) is 0 Å². The molecule has 1 atom stereocenters. The maximum absolute atomic E-state index is 5.70. The average Bonchev–Trinajstić information content (AvgIpc) is 2.31. The molecule has 0 aromatic heterocycles. The lowest BCUT2D eigenvalue weighted by Crippen LogP contribution is -2.39. The fraction of sp³-hybridized carbons (Fsp3) is 0.923. The minimum atomic E-state index is 0.330. The Bertz CT molecular complexity index is 205. The largest absolute Gasteiger partial charge is 0.378 e. The number of hydrogen-bond acceptors (Lipinski definition) is 2. The summed E-state index contributed by atoms with van der Waals surface area (Å²) in [6, 6.07) is 0. The first-order valence-corrected chi connectivity index (χ1v) is 6.71. The van der Waals surface area contributed by atoms with E-state index in [0.29, 0.717) is 12.0 Å². The molecule has 4 heteroatoms. The Morgan fingerprint density at radius 2 is 1.82 bits per heavy atom. The molecule has 0 bridgehead atoms. The van der Waals surface area contributed by atoms with E-state index in [9.17, 15) is 0 Å². The van der Waals surface area contributed by atoms with Gasteiger partial charge in [0.05, 0.1) is 6.10 Å². The Morgan fingerprint density at radius 1 is 1.18 bits per heavy atom. The Morgan fingerprint density at radius 3 is 2.29 bits per heavy atom. The lowest BCUT2D eigenvalue weighted by atomic mass is 10.0. The molecular formula is C13H29N3O. The third-order valence-corrected chi connectivity index (χ3v) is 2.61. The molecule has 0 saturated heterocycles. The number of nitrogens with zero attached hydrogens (tertiary/aromatic N) is 1. The minimum Gasteiger partial charge on any atom is -0.378 e. The molecule has 0 aliphatic rings. The molecule has 0 spiro atoms. The first-order valence-electron chi connectivity index (χ1n) is 6.71. The van der Waals surface area contributed by atoms with Crippen molar-refractivity contribution in [3.63, 3.8) is 0 Å². The van der Waals surface area contributed by atoms with Crippen molar-refractivity contribution >= 4 is 5.96 Å². The third-order valence-electron chi connectivity index (χ3n) is 2.61. The number of guanidine groups is 1. The van der Waals surface area contributed by atoms with Crippen LogP contribution in [0.15, 0.2) is 4.99 Å². The summed E-state index contributed by atoms with van der Waals surface area (Å²) in [6.45, 7) is 11.2. The van der Waals surface area contributed by atoms with Gasteiger partial charge in [-0.05, 0) is 25.7 Å². The summed E-state index contributed by atoms with van der Waals surface area (Å²) in [5.74, 6) is 1.44. The molecule has 0 saturated carbocycles. The SMILES string of the molecule is CCCNC(=NC)NCCC(OCC)C(C)C. The van der Waals surface area contributed by atoms with E-state index in [4.69, 9.17) is 4.74 Å². The Labute approximate surface area is 106 Å². The van der Waals surface area contributed by atoms with Gasteiger partial charge < -0.3 is 15.4 Å². The Kier molecular flexibility index (Phi) is 9.92. The van der Waals surface area contributed by atoms with Gasteiger partial charge in [-0.1, -0.05) is 20.8 Å². The van der Waals surface area contributed by atoms with Crippen LogP contribution in [-0.2, 0) is 4.74 Å². The van der Waals surface area contributed by atoms with Crippen molar-refractivity contribution < 1.29 is 4.74 Å². The molecule has 17 heavy (non-hydrogen) atoms. The number of aliphatic imine (C=N–C) groups is 1. The molecule has 0 aromatic carbocycles. The average molecular weight is 243 g/mol. The fourth-order valence-electron chi connectivity index (χ4n) is 1.62. The predicted octanol–water partition coefficient (Wildman–Crippen LogP) is 2.01. The first-order chi connectivity index (χ1) is 8.15. The van der Waals surface area contributed by atoms with Gasteiger partial charge in [0.2, 0.25) is 0 Å². The molecule has 102 valence electrons. The van der Waals surface area contributed by atoms with Crippen LogP contribution in [0.3, 0.4) is 0 Å². The maximum Gasteiger partial charge on any atom is 0.190 e. The second kappa shape index (κ2) is 10.4. The second-order valence-electron chi connectivity index (χ2n) is 4.45. The van der Waals surface area contributed by atoms with Crippen molar-refractivity contribution in [2.45, 2.75) is 46.6 Å². The van der Waals surface area contributed by atoms with Crippen molar-refractivity contribution in [1.29, 1.82) is 0 Å². The summed E-state index contributed by atoms with van der Waals surface area (Å²) in [5, 5.41) is 6.56. The van der Waals surface area contributed by atoms with Gasteiger partial charge in [-0.2, -0.15) is 0 Å². The van der Waals surface area contributed by atoms with Crippen molar-refractivity contribution in [3.05, 3.63) is 0 Å². The quantitative estimate of drug-likeness (QED) is 0.506. The highest BCUT2D eigenvalue weighted by Gasteiger charge is 2.12. The highest BCUT2D eigenvalue weighted by molar-refractivity contribution is 5.79. The summed E-state index contributed by atoms with van der Waals surface area (Å²) >= 11 is 0. The second-order valence-corrected chi connectivity index (χ2v) is 4.45. The minimum absolute atomic E-state index is 0.330. The summed E-state index contributed by atoms with van der Waals surface area (Å²) < 4.78 is 5.70. The summed E-state index contributed by atoms with van der Waals surface area (Å²) in [6.07, 6.45) is 2.45. The van der Waals surface area contributed by atoms with Crippen LogP contribution in [0.4, 0.5) is 0 Å². The molecule has 4 nitrogen and oxygen atoms in total. The topological polar surface area (TPSA) is 45.7 Å². The van der Waals surface area contributed by atoms with Crippen LogP contribution in [-0.4, -0.2) is 38.8 Å². The molecule has 0 aromatic rings. The zero-order valence-corrected chi connectivity index (χ0v) is 12.0. The van der Waals surface area contributed by atoms with E-state index >= 15 is 0 Å². The van der Waals surface area contributed by atoms with E-state index < -0.39 is 0 Å². The molecule has 0 fully saturated rings. The number of ether oxygens (including phenoxy) is 1. The van der Waals surface area contributed by atoms with Crippen molar-refractivity contribution in [2.24, 2.45) is 10.9 Å². The maximum atomic E-state index is 5.70. The first kappa shape index (κ1) is 16.2. The van der Waals surface area contributed by atoms with Crippen LogP contribution in [0, 0.1) is 5.92 Å². The highest BCUT2D eigenvalue weighted by atomic mass is 16.5. The third kappa shape index (κ3) is 8.02. The molecule has 0 rings (SSSR count). The predicted molar refractivity (Wildman–Crippen MR) is 74.5 cm³/mol. The molecule has 1 unspecified atom stereocenters. The van der Waals surface area contributed by atoms with E-state index in [1.54, 1.807) is 7.05 Å². The van der Waals surface area contributed by atoms with Gasteiger partial charge in [-0.3, -0.25) is 4.99 Å². The van der Waals surface area contributed by atoms with Crippen molar-refractivity contribution in [3.8, 4) is 0 Å². The van der Waals surface area contributed by atoms with E-state index in [1.807, 2.05) is 6.92 Å². The van der Waals surface area contributed by atoms with Crippen LogP contribution >= 0.6 is 0 Å². The molecule has 0 amide bonds. The van der Waals surface area contributed by atoms with E-state index in [0.717, 1.165) is 38.5 Å². The van der Waals surface area contributed by atoms with Gasteiger partial charge in [0.15, 0.2) is 5.96 Å². The summed E-state index contributed by atoms with van der Waals surface area (Å²) in [7, 11) is 1.80. The zero-order valence-electron chi connectivity index (χ0n) is 12.0. The number of nitrogens with one attached hydrogen (secondary N) is 2. The van der Waals surface area contributed by atoms with E-state index in [2.05, 4.69) is 36.4 Å². The summed E-state index contributed by atoms with van der Waals surface area (Å²) in [4.78, 5) is 4.17. The van der Waals surface area contributed by atoms with Gasteiger partial charge in [0, 0.05) is 26.7 Å². The molecule has 2 N–H and O–H groups in total. The monoisotopic (exact) mass is 243 g/mol. The van der Waals surface area contributed by atoms with Gasteiger partial charge in [-0.15, -0.1) is 0 Å². The normalized spacial score (nSPS) is 13.9. The van der Waals surface area contributed by atoms with Crippen LogP contribution in [0.5, 0.6) is 0 Å². The standard InChI is InChI=1S/C13H29N3O/c1-6-9-15-13(14-5)16-10-8-12(11(3)4)17-7-2/h11-12H,6-10H2,1-5H3,(H2,14,15,16). The van der Waals surface area contributed by atoms with E-state index in [1.165, 1.54) is 0 Å². The van der Waals surface area contributed by atoms with Crippen LogP contribution < -0.4 is 10.6 Å².